The van der Waals surface area contributed by atoms with Crippen molar-refractivity contribution >= 4 is 19.8 Å². The van der Waals surface area contributed by atoms with E-state index in [-0.39, 0.29) is 32.0 Å². The standard InChI is InChI=1S/C54H106NO8P/c1-6-8-10-12-14-16-18-19-20-21-22-23-24-25-26-27-28-29-30-31-32-33-34-35-36-37-39-40-42-44-46-53(56)60-50-52(51-62-64(58,59)61-49-48-55(3,4)5)63-54(57)47-45-43-41-38-17-15-13-11-9-7-2/h11,13,52H,6-10,12,14-51H2,1-5H3/b13-11-. The molecule has 0 saturated heterocycles. The molecule has 0 radical (unpaired) electrons. The number of unbranched alkanes of at least 4 members (excludes halogenated alkanes) is 35. The molecule has 0 aromatic rings. The lowest BCUT2D eigenvalue weighted by molar-refractivity contribution is -0.870. The Morgan fingerprint density at radius 3 is 1.22 bits per heavy atom. The molecule has 2 unspecified atom stereocenters. The molecule has 10 heteroatoms. The highest BCUT2D eigenvalue weighted by atomic mass is 31.2. The van der Waals surface area contributed by atoms with Gasteiger partial charge in [-0.2, -0.15) is 0 Å². The molecule has 0 aromatic carbocycles. The molecule has 0 rings (SSSR count). The van der Waals surface area contributed by atoms with E-state index in [0.29, 0.717) is 17.4 Å². The number of nitrogens with zero attached hydrogens (tertiary/aromatic N) is 1. The summed E-state index contributed by atoms with van der Waals surface area (Å²) in [5, 5.41) is 0. The van der Waals surface area contributed by atoms with Crippen molar-refractivity contribution in [2.45, 2.75) is 277 Å². The zero-order valence-electron chi connectivity index (χ0n) is 43.0. The van der Waals surface area contributed by atoms with Crippen LogP contribution in [0.4, 0.5) is 0 Å². The molecule has 64 heavy (non-hydrogen) atoms. The molecule has 380 valence electrons. The Hall–Kier alpha value is -1.25. The van der Waals surface area contributed by atoms with Crippen LogP contribution in [0, 0.1) is 0 Å². The second-order valence-corrected chi connectivity index (χ2v) is 21.4. The number of ether oxygens (including phenoxy) is 2. The van der Waals surface area contributed by atoms with E-state index in [2.05, 4.69) is 26.0 Å². The first-order valence-corrected chi connectivity index (χ1v) is 28.9. The number of phosphoric ester groups is 1. The van der Waals surface area contributed by atoms with Gasteiger partial charge in [0.25, 0.3) is 7.82 Å². The van der Waals surface area contributed by atoms with E-state index in [1.165, 1.54) is 180 Å². The van der Waals surface area contributed by atoms with Crippen LogP contribution in [0.15, 0.2) is 12.2 Å². The first-order valence-electron chi connectivity index (χ1n) is 27.4. The predicted molar refractivity (Wildman–Crippen MR) is 268 cm³/mol. The molecule has 0 saturated carbocycles. The van der Waals surface area contributed by atoms with Gasteiger partial charge in [0.1, 0.15) is 19.8 Å². The van der Waals surface area contributed by atoms with Gasteiger partial charge in [-0.05, 0) is 32.1 Å². The Kier molecular flexibility index (Phi) is 45.9. The van der Waals surface area contributed by atoms with E-state index in [1.54, 1.807) is 0 Å². The number of allylic oxidation sites excluding steroid dienone is 2. The summed E-state index contributed by atoms with van der Waals surface area (Å²) < 4.78 is 34.0. The average Bonchev–Trinajstić information content (AvgIpc) is 3.25. The van der Waals surface area contributed by atoms with Crippen molar-refractivity contribution in [2.24, 2.45) is 0 Å². The Morgan fingerprint density at radius 2 is 0.828 bits per heavy atom. The third-order valence-corrected chi connectivity index (χ3v) is 13.2. The lowest BCUT2D eigenvalue weighted by Crippen LogP contribution is -2.37. The molecular weight excluding hydrogens is 822 g/mol. The van der Waals surface area contributed by atoms with E-state index in [9.17, 15) is 19.0 Å². The summed E-state index contributed by atoms with van der Waals surface area (Å²) in [5.74, 6) is -0.833. The molecule has 0 aliphatic rings. The monoisotopic (exact) mass is 928 g/mol. The highest BCUT2D eigenvalue weighted by molar-refractivity contribution is 7.45. The fraction of sp³-hybridized carbons (Fsp3) is 0.926. The molecular formula is C54H106NO8P. The topological polar surface area (TPSA) is 111 Å². The normalized spacial score (nSPS) is 13.4. The van der Waals surface area contributed by atoms with Crippen LogP contribution in [-0.4, -0.2) is 70.0 Å². The van der Waals surface area contributed by atoms with Crippen LogP contribution < -0.4 is 4.89 Å². The van der Waals surface area contributed by atoms with Gasteiger partial charge in [-0.25, -0.2) is 0 Å². The molecule has 0 aromatic heterocycles. The maximum Gasteiger partial charge on any atom is 0.306 e. The molecule has 0 bridgehead atoms. The first kappa shape index (κ1) is 62.8. The summed E-state index contributed by atoms with van der Waals surface area (Å²) >= 11 is 0. The summed E-state index contributed by atoms with van der Waals surface area (Å²) in [6.07, 6.45) is 52.9. The van der Waals surface area contributed by atoms with Crippen molar-refractivity contribution in [3.8, 4) is 0 Å². The summed E-state index contributed by atoms with van der Waals surface area (Å²) in [7, 11) is 1.17. The minimum Gasteiger partial charge on any atom is -0.756 e. The van der Waals surface area contributed by atoms with E-state index >= 15 is 0 Å². The molecule has 0 aliphatic heterocycles. The van der Waals surface area contributed by atoms with E-state index in [4.69, 9.17) is 18.5 Å². The van der Waals surface area contributed by atoms with Gasteiger partial charge < -0.3 is 27.9 Å². The van der Waals surface area contributed by atoms with Gasteiger partial charge in [0, 0.05) is 12.8 Å². The van der Waals surface area contributed by atoms with E-state index in [1.807, 2.05) is 21.1 Å². The SMILES string of the molecule is CCC/C=C\CCCCCCCC(=O)OC(COC(=O)CCCCCCCCCCCCCCCCCCCCCCCCCCCCCCCC)COP(=O)([O-])OCC[N+](C)(C)C. The van der Waals surface area contributed by atoms with Gasteiger partial charge in [0.05, 0.1) is 27.7 Å². The fourth-order valence-electron chi connectivity index (χ4n) is 8.01. The minimum absolute atomic E-state index is 0.0293. The maximum absolute atomic E-state index is 12.6. The molecule has 0 heterocycles. The zero-order chi connectivity index (χ0) is 47.1. The van der Waals surface area contributed by atoms with Crippen molar-refractivity contribution in [3.05, 3.63) is 12.2 Å². The quantitative estimate of drug-likeness (QED) is 0.0195. The van der Waals surface area contributed by atoms with E-state index in [0.717, 1.165) is 57.8 Å². The highest BCUT2D eigenvalue weighted by Crippen LogP contribution is 2.38. The highest BCUT2D eigenvalue weighted by Gasteiger charge is 2.21. The molecule has 0 aliphatic carbocycles. The first-order chi connectivity index (χ1) is 31.0. The number of esters is 2. The Labute approximate surface area is 396 Å². The summed E-state index contributed by atoms with van der Waals surface area (Å²) in [5.41, 5.74) is 0. The number of phosphoric acid groups is 1. The maximum atomic E-state index is 12.6. The second-order valence-electron chi connectivity index (χ2n) is 20.0. The van der Waals surface area contributed by atoms with Crippen LogP contribution in [0.25, 0.3) is 0 Å². The number of quaternary nitrogens is 1. The minimum atomic E-state index is -4.62. The molecule has 0 spiro atoms. The lowest BCUT2D eigenvalue weighted by Gasteiger charge is -2.28. The van der Waals surface area contributed by atoms with Crippen molar-refractivity contribution in [1.82, 2.24) is 0 Å². The summed E-state index contributed by atoms with van der Waals surface area (Å²) in [6.45, 7) is 4.20. The molecule has 9 nitrogen and oxygen atoms in total. The number of likely N-dealkylation sites (N-methyl/N-ethyl adjacent to an activating group) is 1. The number of hydrogen-bond donors (Lipinski definition) is 0. The van der Waals surface area contributed by atoms with Gasteiger partial charge in [-0.1, -0.05) is 238 Å². The lowest BCUT2D eigenvalue weighted by atomic mass is 10.0. The van der Waals surface area contributed by atoms with Gasteiger partial charge >= 0.3 is 11.9 Å². The van der Waals surface area contributed by atoms with Crippen molar-refractivity contribution < 1.29 is 42.1 Å². The van der Waals surface area contributed by atoms with E-state index < -0.39 is 26.5 Å². The van der Waals surface area contributed by atoms with Gasteiger partial charge in [-0.3, -0.25) is 14.2 Å². The predicted octanol–water partition coefficient (Wildman–Crippen LogP) is 15.8. The number of rotatable bonds is 51. The fourth-order valence-corrected chi connectivity index (χ4v) is 8.74. The third-order valence-electron chi connectivity index (χ3n) is 12.3. The van der Waals surface area contributed by atoms with Crippen LogP contribution in [0.2, 0.25) is 0 Å². The van der Waals surface area contributed by atoms with Gasteiger partial charge in [0.2, 0.25) is 0 Å². The molecule has 0 amide bonds. The van der Waals surface area contributed by atoms with Crippen LogP contribution in [0.1, 0.15) is 271 Å². The molecule has 0 N–H and O–H groups in total. The van der Waals surface area contributed by atoms with Gasteiger partial charge in [-0.15, -0.1) is 0 Å². The van der Waals surface area contributed by atoms with Crippen LogP contribution in [0.5, 0.6) is 0 Å². The Bertz CT molecular complexity index is 1100. The smallest absolute Gasteiger partial charge is 0.306 e. The Balaban J connectivity index is 3.93. The molecule has 2 atom stereocenters. The Morgan fingerprint density at radius 1 is 0.469 bits per heavy atom. The van der Waals surface area contributed by atoms with Crippen molar-refractivity contribution in [1.29, 1.82) is 0 Å². The van der Waals surface area contributed by atoms with Gasteiger partial charge in [0.15, 0.2) is 6.10 Å². The second kappa shape index (κ2) is 46.8. The van der Waals surface area contributed by atoms with Crippen molar-refractivity contribution in [3.63, 3.8) is 0 Å². The third kappa shape index (κ3) is 50.2. The average molecular weight is 928 g/mol. The van der Waals surface area contributed by atoms with Crippen LogP contribution in [-0.2, 0) is 32.7 Å². The summed E-state index contributed by atoms with van der Waals surface area (Å²) in [4.78, 5) is 37.6. The number of hydrogen-bond acceptors (Lipinski definition) is 8. The largest absolute Gasteiger partial charge is 0.756 e. The summed E-state index contributed by atoms with van der Waals surface area (Å²) in [6, 6.07) is 0. The van der Waals surface area contributed by atoms with Crippen molar-refractivity contribution in [2.75, 3.05) is 47.5 Å². The van der Waals surface area contributed by atoms with Crippen LogP contribution >= 0.6 is 7.82 Å². The number of carbonyl (C=O) groups is 2. The molecule has 0 fully saturated rings. The zero-order valence-corrected chi connectivity index (χ0v) is 43.9. The number of carbonyl (C=O) groups excluding carboxylic acids is 2. The van der Waals surface area contributed by atoms with Crippen LogP contribution in [0.3, 0.4) is 0 Å².